The zero-order valence-corrected chi connectivity index (χ0v) is 27.9. The Bertz CT molecular complexity index is 1480. The van der Waals surface area contributed by atoms with Gasteiger partial charge in [-0.2, -0.15) is 0 Å². The quantitative estimate of drug-likeness (QED) is 0.214. The van der Waals surface area contributed by atoms with Gasteiger partial charge in [-0.1, -0.05) is 134 Å². The Morgan fingerprint density at radius 1 is 0.778 bits per heavy atom. The molecule has 3 fully saturated rings. The van der Waals surface area contributed by atoms with Crippen molar-refractivity contribution in [2.24, 2.45) is 16.7 Å². The summed E-state index contributed by atoms with van der Waals surface area (Å²) in [6.07, 6.45) is 6.93. The van der Waals surface area contributed by atoms with Crippen molar-refractivity contribution in [1.29, 1.82) is 0 Å². The first-order chi connectivity index (χ1) is 19.8. The number of hydrogen-bond acceptors (Lipinski definition) is 2. The molecule has 45 heavy (non-hydrogen) atoms. The van der Waals surface area contributed by atoms with Gasteiger partial charge in [-0.25, -0.2) is 0 Å². The second kappa shape index (κ2) is 13.7. The van der Waals surface area contributed by atoms with Crippen LogP contribution in [0.3, 0.4) is 0 Å². The van der Waals surface area contributed by atoms with Gasteiger partial charge in [0.05, 0.1) is 12.2 Å². The van der Waals surface area contributed by atoms with E-state index in [-0.39, 0.29) is 45.3 Å². The molecular weight excluding hydrogens is 588 g/mol. The Hall–Kier alpha value is -1.91. The van der Waals surface area contributed by atoms with Gasteiger partial charge in [0.25, 0.3) is 0 Å². The molecule has 0 amide bonds. The van der Waals surface area contributed by atoms with Crippen LogP contribution in [0.1, 0.15) is 103 Å². The first kappa shape index (κ1) is 37.5. The van der Waals surface area contributed by atoms with E-state index < -0.39 is 8.07 Å². The normalized spacial score (nSPS) is 33.3. The fourth-order valence-electron chi connectivity index (χ4n) is 9.66. The third-order valence-electron chi connectivity index (χ3n) is 11.8. The molecule has 0 heterocycles. The highest BCUT2D eigenvalue weighted by Crippen LogP contribution is 2.63. The second-order valence-corrected chi connectivity index (χ2v) is 21.6. The molecule has 0 radical (unpaired) electrons. The van der Waals surface area contributed by atoms with Gasteiger partial charge >= 0.3 is 0 Å². The van der Waals surface area contributed by atoms with Crippen molar-refractivity contribution in [2.75, 3.05) is 0 Å². The zero-order chi connectivity index (χ0) is 30.0. The Kier molecular flexibility index (Phi) is 11.4. The molecule has 0 aliphatic heterocycles. The molecule has 0 aromatic heterocycles. The van der Waals surface area contributed by atoms with E-state index in [0.29, 0.717) is 23.3 Å². The van der Waals surface area contributed by atoms with E-state index >= 15 is 0 Å². The SMILES string of the molecule is C.C.C.C=C1C(c2ccccc2)C([Si](C)(C)C)C[C@@]2(C)C[C@@H](O)C[C@H]12.C[C@@]12CCc3c(cc(Cl)c4ccccc34)[C@H]1C[C@H](O)C2. The number of aliphatic hydroxyl groups is 2. The lowest BCUT2D eigenvalue weighted by Gasteiger charge is -2.51. The molecular formula is C41H61ClO2Si. The van der Waals surface area contributed by atoms with Crippen molar-refractivity contribution >= 4 is 30.4 Å². The average Bonchev–Trinajstić information content (AvgIpc) is 3.43. The number of fused-ring (bicyclic) bond motifs is 6. The van der Waals surface area contributed by atoms with E-state index in [9.17, 15) is 10.2 Å². The summed E-state index contributed by atoms with van der Waals surface area (Å²) in [6.45, 7) is 16.8. The van der Waals surface area contributed by atoms with Gasteiger partial charge in [0, 0.05) is 24.4 Å². The molecule has 4 heteroatoms. The fourth-order valence-corrected chi connectivity index (χ4v) is 12.4. The van der Waals surface area contributed by atoms with E-state index in [2.05, 4.69) is 94.7 Å². The van der Waals surface area contributed by atoms with Gasteiger partial charge in [0.15, 0.2) is 0 Å². The zero-order valence-electron chi connectivity index (χ0n) is 26.2. The highest BCUT2D eigenvalue weighted by Gasteiger charge is 2.54. The van der Waals surface area contributed by atoms with Crippen LogP contribution in [0.5, 0.6) is 0 Å². The second-order valence-electron chi connectivity index (χ2n) is 15.7. The molecule has 4 aliphatic carbocycles. The number of halogens is 1. The van der Waals surface area contributed by atoms with Gasteiger partial charge < -0.3 is 10.2 Å². The maximum atomic E-state index is 10.3. The maximum Gasteiger partial charge on any atom is 0.0551 e. The predicted molar refractivity (Wildman–Crippen MR) is 200 cm³/mol. The molecule has 3 aromatic carbocycles. The van der Waals surface area contributed by atoms with Crippen molar-refractivity contribution in [3.05, 3.63) is 94.5 Å². The predicted octanol–water partition coefficient (Wildman–Crippen LogP) is 11.8. The molecule has 2 N–H and O–H groups in total. The summed E-state index contributed by atoms with van der Waals surface area (Å²) in [5.41, 5.74) is 6.90. The minimum absolute atomic E-state index is 0. The van der Waals surface area contributed by atoms with E-state index in [1.807, 2.05) is 6.07 Å². The van der Waals surface area contributed by atoms with E-state index in [0.717, 1.165) is 42.5 Å². The minimum atomic E-state index is -1.32. The molecule has 0 saturated heterocycles. The van der Waals surface area contributed by atoms with Crippen LogP contribution in [-0.2, 0) is 6.42 Å². The monoisotopic (exact) mass is 648 g/mol. The average molecular weight is 649 g/mol. The summed E-state index contributed by atoms with van der Waals surface area (Å²) in [7, 11) is -1.32. The summed E-state index contributed by atoms with van der Waals surface area (Å²) < 4.78 is 0. The first-order valence-electron chi connectivity index (χ1n) is 16.1. The van der Waals surface area contributed by atoms with Crippen molar-refractivity contribution in [1.82, 2.24) is 0 Å². The number of hydrogen-bond donors (Lipinski definition) is 2. The largest absolute Gasteiger partial charge is 0.393 e. The van der Waals surface area contributed by atoms with Crippen LogP contribution in [0, 0.1) is 16.7 Å². The summed E-state index contributed by atoms with van der Waals surface area (Å²) in [4.78, 5) is 0. The van der Waals surface area contributed by atoms with E-state index in [4.69, 9.17) is 11.6 Å². The number of benzene rings is 3. The lowest BCUT2D eigenvalue weighted by molar-refractivity contribution is 0.151. The molecule has 2 unspecified atom stereocenters. The topological polar surface area (TPSA) is 40.5 Å². The first-order valence-corrected chi connectivity index (χ1v) is 20.1. The molecule has 7 rings (SSSR count). The number of aryl methyl sites for hydroxylation is 1. The van der Waals surface area contributed by atoms with Crippen molar-refractivity contribution < 1.29 is 10.2 Å². The summed E-state index contributed by atoms with van der Waals surface area (Å²) in [5.74, 6) is 1.43. The molecule has 2 nitrogen and oxygen atoms in total. The third kappa shape index (κ3) is 6.75. The van der Waals surface area contributed by atoms with Crippen LogP contribution < -0.4 is 0 Å². The fraction of sp³-hybridized carbons (Fsp3) is 0.561. The Labute approximate surface area is 281 Å². The molecule has 3 aromatic rings. The van der Waals surface area contributed by atoms with Gasteiger partial charge in [-0.05, 0) is 101 Å². The Morgan fingerprint density at radius 2 is 1.33 bits per heavy atom. The van der Waals surface area contributed by atoms with Gasteiger partial charge in [0.1, 0.15) is 0 Å². The number of allylic oxidation sites excluding steroid dienone is 1. The lowest BCUT2D eigenvalue weighted by Crippen LogP contribution is -2.43. The molecule has 0 spiro atoms. The molecule has 4 aliphatic rings. The van der Waals surface area contributed by atoms with Crippen LogP contribution in [0.4, 0.5) is 0 Å². The van der Waals surface area contributed by atoms with Crippen molar-refractivity contribution in [2.45, 2.75) is 130 Å². The lowest BCUT2D eigenvalue weighted by atomic mass is 9.62. The van der Waals surface area contributed by atoms with Crippen LogP contribution in [-0.4, -0.2) is 30.5 Å². The van der Waals surface area contributed by atoms with Crippen LogP contribution in [0.15, 0.2) is 72.8 Å². The van der Waals surface area contributed by atoms with Crippen LogP contribution in [0.2, 0.25) is 30.2 Å². The van der Waals surface area contributed by atoms with Crippen LogP contribution >= 0.6 is 11.6 Å². The Balaban J connectivity index is 0.000000231. The molecule has 8 atom stereocenters. The van der Waals surface area contributed by atoms with Crippen molar-refractivity contribution in [3.63, 3.8) is 0 Å². The Morgan fingerprint density at radius 3 is 1.96 bits per heavy atom. The minimum Gasteiger partial charge on any atom is -0.393 e. The van der Waals surface area contributed by atoms with Gasteiger partial charge in [-0.15, -0.1) is 0 Å². The summed E-state index contributed by atoms with van der Waals surface area (Å²) in [5, 5.41) is 23.7. The highest BCUT2D eigenvalue weighted by molar-refractivity contribution is 6.77. The third-order valence-corrected chi connectivity index (χ3v) is 14.8. The highest BCUT2D eigenvalue weighted by atomic mass is 35.5. The molecule has 3 saturated carbocycles. The van der Waals surface area contributed by atoms with Gasteiger partial charge in [-0.3, -0.25) is 0 Å². The molecule has 248 valence electrons. The number of aliphatic hydroxyl groups excluding tert-OH is 2. The standard InChI is InChI=1S/C20H30OSi.C18H19ClO.3CH4/c1-14-17-11-16(21)12-20(17,2)13-18(22(3,4)5)19(14)15-9-7-6-8-10-15;1-18-7-6-13-12-4-2-3-5-14(12)17(19)9-15(13)16(18)8-11(20)10-18;;;/h6-10,16-19,21H,1,11-13H2,2-5H3;2-5,9,11,16,20H,6-8,10H2,1H3;3*1H4/t16-,17+,18?,19?,20+;11-,16+,18-;;;/m00.../s1. The summed E-state index contributed by atoms with van der Waals surface area (Å²) >= 11 is 6.50. The summed E-state index contributed by atoms with van der Waals surface area (Å²) in [6, 6.07) is 21.6. The van der Waals surface area contributed by atoms with Crippen molar-refractivity contribution in [3.8, 4) is 0 Å². The van der Waals surface area contributed by atoms with E-state index in [1.165, 1.54) is 40.5 Å². The van der Waals surface area contributed by atoms with Gasteiger partial charge in [0.2, 0.25) is 0 Å². The number of rotatable bonds is 2. The smallest absolute Gasteiger partial charge is 0.0551 e. The molecule has 0 bridgehead atoms. The van der Waals surface area contributed by atoms with E-state index in [1.54, 1.807) is 0 Å². The van der Waals surface area contributed by atoms with Crippen LogP contribution in [0.25, 0.3) is 10.8 Å². The maximum absolute atomic E-state index is 10.3.